The van der Waals surface area contributed by atoms with E-state index >= 15 is 0 Å². The van der Waals surface area contributed by atoms with Crippen LogP contribution in [0.5, 0.6) is 0 Å². The van der Waals surface area contributed by atoms with Crippen molar-refractivity contribution in [1.29, 1.82) is 0 Å². The lowest BCUT2D eigenvalue weighted by Crippen LogP contribution is -2.12. The van der Waals surface area contributed by atoms with Crippen molar-refractivity contribution in [3.63, 3.8) is 0 Å². The van der Waals surface area contributed by atoms with Gasteiger partial charge in [-0.15, -0.1) is 10.2 Å². The molecule has 0 spiro atoms. The summed E-state index contributed by atoms with van der Waals surface area (Å²) >= 11 is 0. The second kappa shape index (κ2) is 4.84. The molecule has 2 aromatic heterocycles. The van der Waals surface area contributed by atoms with Gasteiger partial charge in [0, 0.05) is 18.6 Å². The molecule has 0 saturated heterocycles. The number of hydrogen-bond acceptors (Lipinski definition) is 8. The van der Waals surface area contributed by atoms with Crippen LogP contribution in [-0.2, 0) is 9.78 Å². The van der Waals surface area contributed by atoms with E-state index in [0.29, 0.717) is 5.69 Å². The highest BCUT2D eigenvalue weighted by Crippen LogP contribution is 2.34. The Hall–Kier alpha value is -3.16. The van der Waals surface area contributed by atoms with Gasteiger partial charge in [0.05, 0.1) is 5.56 Å². The summed E-state index contributed by atoms with van der Waals surface area (Å²) < 4.78 is 0. The number of fused-ring (bicyclic) bond motifs is 2. The van der Waals surface area contributed by atoms with Crippen molar-refractivity contribution in [2.75, 3.05) is 0 Å². The third-order valence-corrected chi connectivity index (χ3v) is 2.46. The zero-order valence-electron chi connectivity index (χ0n) is 9.89. The first-order valence-corrected chi connectivity index (χ1v) is 5.49. The minimum Gasteiger partial charge on any atom is -0.264 e. The van der Waals surface area contributed by atoms with Gasteiger partial charge in [-0.2, -0.15) is 0 Å². The third-order valence-electron chi connectivity index (χ3n) is 2.46. The predicted octanol–water partition coefficient (Wildman–Crippen LogP) is 2.13. The number of carbonyl (C=O) groups excluding carboxylic acids is 2. The smallest absolute Gasteiger partial charge is 0.264 e. The average molecular weight is 270 g/mol. The Labute approximate surface area is 112 Å². The molecule has 0 fully saturated rings. The van der Waals surface area contributed by atoms with Gasteiger partial charge in [0.2, 0.25) is 0 Å². The molecule has 8 nitrogen and oxygen atoms in total. The Balaban J connectivity index is 1.68. The molecule has 1 aliphatic rings. The van der Waals surface area contributed by atoms with Crippen molar-refractivity contribution in [3.05, 3.63) is 47.9 Å². The summed E-state index contributed by atoms with van der Waals surface area (Å²) in [5.74, 6) is -1.58. The fraction of sp³-hybridized carbons (Fsp3) is 0. The first kappa shape index (κ1) is 11.9. The summed E-state index contributed by atoms with van der Waals surface area (Å²) in [4.78, 5) is 39.9. The molecule has 0 saturated carbocycles. The van der Waals surface area contributed by atoms with Crippen molar-refractivity contribution < 1.29 is 19.4 Å². The topological polar surface area (TPSA) is 103 Å². The fourth-order valence-electron chi connectivity index (χ4n) is 1.55. The highest BCUT2D eigenvalue weighted by Gasteiger charge is 2.25. The van der Waals surface area contributed by atoms with Crippen molar-refractivity contribution in [3.8, 4) is 0 Å². The van der Waals surface area contributed by atoms with E-state index < -0.39 is 11.9 Å². The van der Waals surface area contributed by atoms with Gasteiger partial charge in [0.1, 0.15) is 11.3 Å². The number of azo groups is 1. The first-order valence-electron chi connectivity index (χ1n) is 5.49. The van der Waals surface area contributed by atoms with Crippen LogP contribution in [0.25, 0.3) is 0 Å². The second-order valence-electron chi connectivity index (χ2n) is 3.71. The normalized spacial score (nSPS) is 11.2. The maximum atomic E-state index is 11.8. The Bertz CT molecular complexity index is 690. The molecule has 1 aliphatic heterocycles. The molecular weight excluding hydrogens is 264 g/mol. The largest absolute Gasteiger partial charge is 0.392 e. The molecule has 8 heteroatoms. The molecule has 0 atom stereocenters. The Morgan fingerprint density at radius 3 is 2.60 bits per heavy atom. The number of hydrogen-bond donors (Lipinski definition) is 0. The molecule has 3 heterocycles. The molecule has 0 N–H and O–H groups in total. The van der Waals surface area contributed by atoms with Crippen LogP contribution >= 0.6 is 0 Å². The molecular formula is C12H6N4O4. The van der Waals surface area contributed by atoms with Gasteiger partial charge in [-0.3, -0.25) is 4.98 Å². The summed E-state index contributed by atoms with van der Waals surface area (Å²) in [5.41, 5.74) is 0.542. The van der Waals surface area contributed by atoms with Crippen LogP contribution < -0.4 is 0 Å². The lowest BCUT2D eigenvalue weighted by Gasteiger charge is -2.03. The van der Waals surface area contributed by atoms with Gasteiger partial charge in [0.15, 0.2) is 5.82 Å². The van der Waals surface area contributed by atoms with E-state index in [2.05, 4.69) is 30.0 Å². The van der Waals surface area contributed by atoms with Crippen LogP contribution in [0.3, 0.4) is 0 Å². The highest BCUT2D eigenvalue weighted by molar-refractivity contribution is 6.00. The molecule has 2 bridgehead atoms. The first-order chi connectivity index (χ1) is 9.75. The minimum absolute atomic E-state index is 0.0616. The standard InChI is InChI=1S/C12H6N4O4/c17-11(7-2-1-4-13-6-7)19-20-12(18)9-8-3-5-14-10(9)16-15-8/h1-6H. The number of rotatable bonds is 2. The van der Waals surface area contributed by atoms with E-state index in [9.17, 15) is 9.59 Å². The van der Waals surface area contributed by atoms with Crippen molar-refractivity contribution in [2.45, 2.75) is 0 Å². The number of pyridine rings is 2. The quantitative estimate of drug-likeness (QED) is 0.522. The van der Waals surface area contributed by atoms with Gasteiger partial charge in [-0.25, -0.2) is 24.3 Å². The molecule has 0 unspecified atom stereocenters. The monoisotopic (exact) mass is 270 g/mol. The zero-order valence-corrected chi connectivity index (χ0v) is 9.89. The minimum atomic E-state index is -0.884. The molecule has 0 aromatic carbocycles. The fourth-order valence-corrected chi connectivity index (χ4v) is 1.55. The van der Waals surface area contributed by atoms with Crippen LogP contribution in [0.4, 0.5) is 11.5 Å². The number of carbonyl (C=O) groups is 2. The second-order valence-corrected chi connectivity index (χ2v) is 3.71. The van der Waals surface area contributed by atoms with Crippen molar-refractivity contribution in [2.24, 2.45) is 10.2 Å². The van der Waals surface area contributed by atoms with Crippen LogP contribution in [0.1, 0.15) is 20.7 Å². The molecule has 98 valence electrons. The third kappa shape index (κ3) is 2.09. The lowest BCUT2D eigenvalue weighted by atomic mass is 10.2. The van der Waals surface area contributed by atoms with Crippen LogP contribution in [-0.4, -0.2) is 21.9 Å². The average Bonchev–Trinajstić information content (AvgIpc) is 2.75. The van der Waals surface area contributed by atoms with Gasteiger partial charge in [-0.05, 0) is 18.2 Å². The van der Waals surface area contributed by atoms with Crippen LogP contribution in [0, 0.1) is 0 Å². The van der Waals surface area contributed by atoms with Crippen LogP contribution in [0.15, 0.2) is 47.0 Å². The number of nitrogens with zero attached hydrogens (tertiary/aromatic N) is 4. The van der Waals surface area contributed by atoms with E-state index in [0.717, 1.165) is 0 Å². The molecule has 20 heavy (non-hydrogen) atoms. The Kier molecular flexibility index (Phi) is 2.88. The molecule has 0 aliphatic carbocycles. The summed E-state index contributed by atoms with van der Waals surface area (Å²) in [5, 5.41) is 7.39. The van der Waals surface area contributed by atoms with Crippen molar-refractivity contribution in [1.82, 2.24) is 9.97 Å². The van der Waals surface area contributed by atoms with E-state index in [-0.39, 0.29) is 16.9 Å². The van der Waals surface area contributed by atoms with E-state index in [4.69, 9.17) is 0 Å². The zero-order chi connectivity index (χ0) is 13.9. The summed E-state index contributed by atoms with van der Waals surface area (Å²) in [7, 11) is 0. The summed E-state index contributed by atoms with van der Waals surface area (Å²) in [6.07, 6.45) is 4.26. The SMILES string of the molecule is O=C(OOC(=O)c1c2ccnc1N=N2)c1cccnc1. The molecule has 2 aromatic rings. The maximum absolute atomic E-state index is 11.8. The summed E-state index contributed by atoms with van der Waals surface area (Å²) in [6, 6.07) is 4.54. The highest BCUT2D eigenvalue weighted by atomic mass is 17.2. The van der Waals surface area contributed by atoms with Gasteiger partial charge in [-0.1, -0.05) is 0 Å². The Morgan fingerprint density at radius 2 is 1.85 bits per heavy atom. The molecule has 0 amide bonds. The Morgan fingerprint density at radius 1 is 1.00 bits per heavy atom. The van der Waals surface area contributed by atoms with E-state index in [1.54, 1.807) is 6.07 Å². The van der Waals surface area contributed by atoms with Gasteiger partial charge in [0.25, 0.3) is 0 Å². The van der Waals surface area contributed by atoms with Crippen molar-refractivity contribution >= 4 is 23.4 Å². The van der Waals surface area contributed by atoms with E-state index in [1.807, 2.05) is 0 Å². The number of aromatic nitrogens is 2. The van der Waals surface area contributed by atoms with Crippen LogP contribution in [0.2, 0.25) is 0 Å². The van der Waals surface area contributed by atoms with E-state index in [1.165, 1.54) is 30.7 Å². The van der Waals surface area contributed by atoms with Gasteiger partial charge < -0.3 is 0 Å². The molecule has 3 rings (SSSR count). The van der Waals surface area contributed by atoms with Gasteiger partial charge >= 0.3 is 11.9 Å². The maximum Gasteiger partial charge on any atom is 0.392 e. The summed E-state index contributed by atoms with van der Waals surface area (Å²) in [6.45, 7) is 0. The predicted molar refractivity (Wildman–Crippen MR) is 63.5 cm³/mol. The lowest BCUT2D eigenvalue weighted by molar-refractivity contribution is -0.187. The molecule has 0 radical (unpaired) electrons.